The summed E-state index contributed by atoms with van der Waals surface area (Å²) in [6.45, 7) is 2.14. The molecule has 2 bridgehead atoms. The molecule has 0 radical (unpaired) electrons. The SMILES string of the molecule is CC(F)(F)c1cncc(-n2nc(N3CC4CC(C3)O4)c3cnc(CC(N)=O)cc32)n1. The number of piperidine rings is 1. The summed E-state index contributed by atoms with van der Waals surface area (Å²) in [5.74, 6) is -2.84. The molecular weight excluding hydrogens is 396 g/mol. The van der Waals surface area contributed by atoms with Gasteiger partial charge in [0, 0.05) is 32.6 Å². The van der Waals surface area contributed by atoms with E-state index in [0.717, 1.165) is 24.9 Å². The van der Waals surface area contributed by atoms with Gasteiger partial charge in [-0.1, -0.05) is 0 Å². The predicted octanol–water partition coefficient (Wildman–Crippen LogP) is 1.33. The van der Waals surface area contributed by atoms with E-state index in [2.05, 4.69) is 25.0 Å². The van der Waals surface area contributed by atoms with Crippen molar-refractivity contribution in [2.24, 2.45) is 5.73 Å². The second-order valence-electron chi connectivity index (χ2n) is 7.74. The van der Waals surface area contributed by atoms with Gasteiger partial charge in [-0.2, -0.15) is 8.78 Å². The number of fused-ring (bicyclic) bond motifs is 3. The standard InChI is InChI=1S/C19H19F2N7O2/c1-19(20,21)15-6-23-7-17(25-15)28-14-2-10(3-16(22)29)24-5-13(14)18(26-28)27-8-11-4-12(9-27)30-11/h2,5-7,11-12H,3-4,8-9H2,1H3,(H2,22,29). The molecule has 30 heavy (non-hydrogen) atoms. The van der Waals surface area contributed by atoms with Gasteiger partial charge < -0.3 is 15.4 Å². The van der Waals surface area contributed by atoms with E-state index in [4.69, 9.17) is 10.5 Å². The molecule has 2 unspecified atom stereocenters. The first-order valence-corrected chi connectivity index (χ1v) is 9.55. The van der Waals surface area contributed by atoms with E-state index < -0.39 is 17.5 Å². The highest BCUT2D eigenvalue weighted by molar-refractivity contribution is 5.92. The van der Waals surface area contributed by atoms with E-state index >= 15 is 0 Å². The third-order valence-corrected chi connectivity index (χ3v) is 5.30. The molecule has 3 aliphatic rings. The number of hydrogen-bond acceptors (Lipinski definition) is 7. The maximum atomic E-state index is 13.8. The molecule has 0 saturated carbocycles. The van der Waals surface area contributed by atoms with E-state index in [0.29, 0.717) is 30.1 Å². The summed E-state index contributed by atoms with van der Waals surface area (Å²) < 4.78 is 34.8. The van der Waals surface area contributed by atoms with Crippen LogP contribution in [0.1, 0.15) is 24.7 Å². The normalized spacial score (nSPS) is 21.0. The number of morpholine rings is 1. The number of nitrogens with two attached hydrogens (primary N) is 1. The zero-order valence-corrected chi connectivity index (χ0v) is 16.1. The maximum Gasteiger partial charge on any atom is 0.288 e. The topological polar surface area (TPSA) is 112 Å². The van der Waals surface area contributed by atoms with Crippen LogP contribution in [0.2, 0.25) is 0 Å². The number of pyridine rings is 1. The van der Waals surface area contributed by atoms with Gasteiger partial charge in [-0.05, 0) is 6.07 Å². The van der Waals surface area contributed by atoms with Crippen LogP contribution in [-0.2, 0) is 21.9 Å². The Morgan fingerprint density at radius 1 is 1.30 bits per heavy atom. The van der Waals surface area contributed by atoms with E-state index in [9.17, 15) is 13.6 Å². The Bertz CT molecular complexity index is 1130. The predicted molar refractivity (Wildman–Crippen MR) is 102 cm³/mol. The fourth-order valence-electron chi connectivity index (χ4n) is 3.92. The zero-order valence-electron chi connectivity index (χ0n) is 16.1. The van der Waals surface area contributed by atoms with Crippen molar-refractivity contribution >= 4 is 22.6 Å². The average Bonchev–Trinajstić information content (AvgIpc) is 3.05. The van der Waals surface area contributed by atoms with Crippen molar-refractivity contribution in [2.75, 3.05) is 18.0 Å². The van der Waals surface area contributed by atoms with Gasteiger partial charge in [-0.3, -0.25) is 14.8 Å². The summed E-state index contributed by atoms with van der Waals surface area (Å²) in [6, 6.07) is 1.68. The summed E-state index contributed by atoms with van der Waals surface area (Å²) >= 11 is 0. The van der Waals surface area contributed by atoms with Crippen LogP contribution in [0, 0.1) is 0 Å². The molecule has 3 aromatic heterocycles. The highest BCUT2D eigenvalue weighted by atomic mass is 19.3. The smallest absolute Gasteiger partial charge is 0.288 e. The average molecular weight is 415 g/mol. The number of rotatable bonds is 5. The lowest BCUT2D eigenvalue weighted by molar-refractivity contribution is -0.133. The number of carbonyl (C=O) groups is 1. The van der Waals surface area contributed by atoms with Gasteiger partial charge in [0.05, 0.1) is 47.6 Å². The van der Waals surface area contributed by atoms with Crippen molar-refractivity contribution in [2.45, 2.75) is 37.9 Å². The highest BCUT2D eigenvalue weighted by Crippen LogP contribution is 2.35. The van der Waals surface area contributed by atoms with E-state index in [1.165, 1.54) is 10.9 Å². The highest BCUT2D eigenvalue weighted by Gasteiger charge is 2.39. The Hall–Kier alpha value is -3.21. The molecule has 6 heterocycles. The van der Waals surface area contributed by atoms with Crippen LogP contribution in [0.25, 0.3) is 16.7 Å². The number of aromatic nitrogens is 5. The van der Waals surface area contributed by atoms with Crippen LogP contribution >= 0.6 is 0 Å². The molecule has 2 N–H and O–H groups in total. The lowest BCUT2D eigenvalue weighted by atomic mass is 9.99. The number of primary amides is 1. The van der Waals surface area contributed by atoms with Crippen molar-refractivity contribution in [1.29, 1.82) is 0 Å². The van der Waals surface area contributed by atoms with Crippen molar-refractivity contribution in [1.82, 2.24) is 24.7 Å². The number of hydrogen-bond donors (Lipinski definition) is 1. The van der Waals surface area contributed by atoms with Crippen molar-refractivity contribution in [3.8, 4) is 5.82 Å². The van der Waals surface area contributed by atoms with Gasteiger partial charge in [-0.15, -0.1) is 5.10 Å². The lowest BCUT2D eigenvalue weighted by Crippen LogP contribution is -2.57. The summed E-state index contributed by atoms with van der Waals surface area (Å²) in [4.78, 5) is 25.8. The third kappa shape index (κ3) is 3.24. The second kappa shape index (κ2) is 6.66. The fourth-order valence-corrected chi connectivity index (χ4v) is 3.92. The Kier molecular flexibility index (Phi) is 4.17. The van der Waals surface area contributed by atoms with Crippen LogP contribution in [0.5, 0.6) is 0 Å². The van der Waals surface area contributed by atoms with Gasteiger partial charge in [0.25, 0.3) is 5.92 Å². The molecule has 0 aromatic carbocycles. The number of halogens is 2. The molecule has 3 aromatic rings. The first-order valence-electron chi connectivity index (χ1n) is 9.55. The lowest BCUT2D eigenvalue weighted by Gasteiger charge is -2.47. The fraction of sp³-hybridized carbons (Fsp3) is 0.421. The summed E-state index contributed by atoms with van der Waals surface area (Å²) in [5, 5.41) is 5.39. The van der Waals surface area contributed by atoms with Gasteiger partial charge in [-0.25, -0.2) is 9.67 Å². The molecule has 9 nitrogen and oxygen atoms in total. The Morgan fingerprint density at radius 3 is 2.70 bits per heavy atom. The molecule has 1 amide bonds. The minimum absolute atomic E-state index is 0.0447. The number of carbonyl (C=O) groups excluding carboxylic acids is 1. The Labute approximate surface area is 169 Å². The Balaban J connectivity index is 1.65. The first kappa shape index (κ1) is 18.8. The summed E-state index contributed by atoms with van der Waals surface area (Å²) in [5.41, 5.74) is 5.89. The molecule has 0 aliphatic carbocycles. The largest absolute Gasteiger partial charge is 0.371 e. The number of ether oxygens (including phenoxy) is 1. The summed E-state index contributed by atoms with van der Waals surface area (Å²) in [6.07, 6.45) is 5.33. The number of nitrogens with zero attached hydrogens (tertiary/aromatic N) is 6. The van der Waals surface area contributed by atoms with Crippen molar-refractivity contribution in [3.05, 3.63) is 36.0 Å². The third-order valence-electron chi connectivity index (χ3n) is 5.30. The minimum Gasteiger partial charge on any atom is -0.371 e. The van der Waals surface area contributed by atoms with Gasteiger partial charge in [0.15, 0.2) is 11.6 Å². The molecule has 3 aliphatic heterocycles. The number of anilines is 1. The molecule has 6 rings (SSSR count). The van der Waals surface area contributed by atoms with E-state index in [1.54, 1.807) is 12.3 Å². The van der Waals surface area contributed by atoms with Crippen LogP contribution in [0.15, 0.2) is 24.7 Å². The van der Waals surface area contributed by atoms with E-state index in [-0.39, 0.29) is 24.4 Å². The number of amides is 1. The zero-order chi connectivity index (χ0) is 21.0. The molecular formula is C19H19F2N7O2. The first-order chi connectivity index (χ1) is 14.3. The van der Waals surface area contributed by atoms with Gasteiger partial charge >= 0.3 is 0 Å². The molecule has 0 spiro atoms. The summed E-state index contributed by atoms with van der Waals surface area (Å²) in [7, 11) is 0. The monoisotopic (exact) mass is 415 g/mol. The van der Waals surface area contributed by atoms with Gasteiger partial charge in [0.2, 0.25) is 5.91 Å². The van der Waals surface area contributed by atoms with Crippen molar-refractivity contribution in [3.63, 3.8) is 0 Å². The molecule has 3 fully saturated rings. The Morgan fingerprint density at radius 2 is 2.03 bits per heavy atom. The second-order valence-corrected chi connectivity index (χ2v) is 7.74. The maximum absolute atomic E-state index is 13.8. The molecule has 2 atom stereocenters. The minimum atomic E-state index is -3.14. The molecule has 11 heteroatoms. The van der Waals surface area contributed by atoms with Crippen molar-refractivity contribution < 1.29 is 18.3 Å². The van der Waals surface area contributed by atoms with Crippen LogP contribution in [0.4, 0.5) is 14.6 Å². The molecule has 3 saturated heterocycles. The number of alkyl halides is 2. The van der Waals surface area contributed by atoms with Crippen LogP contribution < -0.4 is 10.6 Å². The quantitative estimate of drug-likeness (QED) is 0.669. The molecule has 156 valence electrons. The van der Waals surface area contributed by atoms with E-state index in [1.807, 2.05) is 0 Å². The van der Waals surface area contributed by atoms with Crippen LogP contribution in [0.3, 0.4) is 0 Å². The van der Waals surface area contributed by atoms with Crippen LogP contribution in [-0.4, -0.2) is 55.9 Å². The van der Waals surface area contributed by atoms with Gasteiger partial charge in [0.1, 0.15) is 5.69 Å².